The summed E-state index contributed by atoms with van der Waals surface area (Å²) < 4.78 is 11.2. The van der Waals surface area contributed by atoms with Crippen LogP contribution in [0.25, 0.3) is 0 Å². The largest absolute Gasteiger partial charge is 0.382 e. The van der Waals surface area contributed by atoms with Gasteiger partial charge in [0.15, 0.2) is 5.96 Å². The number of hydrogen-bond acceptors (Lipinski definition) is 3. The Kier molecular flexibility index (Phi) is 11.0. The van der Waals surface area contributed by atoms with E-state index in [1.165, 1.54) is 11.1 Å². The van der Waals surface area contributed by atoms with E-state index in [0.29, 0.717) is 13.2 Å². The van der Waals surface area contributed by atoms with Crippen molar-refractivity contribution in [3.8, 4) is 0 Å². The highest BCUT2D eigenvalue weighted by Gasteiger charge is 2.10. The fraction of sp³-hybridized carbons (Fsp3) is 0.667. The maximum atomic E-state index is 5.86. The van der Waals surface area contributed by atoms with E-state index in [1.54, 1.807) is 0 Å². The number of aliphatic imine (C=N–C) groups is 1. The van der Waals surface area contributed by atoms with E-state index in [0.717, 1.165) is 45.1 Å². The number of unbranched alkanes of at least 4 members (excludes halogenated alkanes) is 1. The van der Waals surface area contributed by atoms with Crippen LogP contribution in [0.2, 0.25) is 0 Å². The summed E-state index contributed by atoms with van der Waals surface area (Å²) in [7, 11) is 0. The molecule has 0 radical (unpaired) electrons. The third-order valence-corrected chi connectivity index (χ3v) is 3.64. The van der Waals surface area contributed by atoms with Crippen LogP contribution in [0.4, 0.5) is 0 Å². The lowest BCUT2D eigenvalue weighted by Gasteiger charge is -2.19. The van der Waals surface area contributed by atoms with Gasteiger partial charge in [0.1, 0.15) is 0 Å². The molecule has 0 saturated heterocycles. The molecule has 5 nitrogen and oxygen atoms in total. The molecule has 0 aromatic heterocycles. The molecule has 1 aromatic rings. The molecule has 1 rings (SSSR count). The first-order valence-corrected chi connectivity index (χ1v) is 9.76. The lowest BCUT2D eigenvalue weighted by Crippen LogP contribution is -2.37. The minimum Gasteiger partial charge on any atom is -0.382 e. The fourth-order valence-corrected chi connectivity index (χ4v) is 2.31. The Morgan fingerprint density at radius 3 is 2.54 bits per heavy atom. The second kappa shape index (κ2) is 12.7. The summed E-state index contributed by atoms with van der Waals surface area (Å²) in [4.78, 5) is 4.69. The predicted octanol–water partition coefficient (Wildman–Crippen LogP) is 3.87. The van der Waals surface area contributed by atoms with Gasteiger partial charge in [-0.15, -0.1) is 0 Å². The van der Waals surface area contributed by atoms with Gasteiger partial charge >= 0.3 is 0 Å². The molecular weight excluding hydrogens is 326 g/mol. The molecule has 0 aliphatic heterocycles. The van der Waals surface area contributed by atoms with Gasteiger partial charge in [0.25, 0.3) is 0 Å². The second-order valence-corrected chi connectivity index (χ2v) is 7.25. The second-order valence-electron chi connectivity index (χ2n) is 7.25. The first-order valence-electron chi connectivity index (χ1n) is 9.76. The van der Waals surface area contributed by atoms with E-state index in [1.807, 2.05) is 6.92 Å². The zero-order chi connectivity index (χ0) is 19.3. The van der Waals surface area contributed by atoms with Gasteiger partial charge in [0, 0.05) is 26.3 Å². The van der Waals surface area contributed by atoms with Gasteiger partial charge < -0.3 is 20.1 Å². The Labute approximate surface area is 159 Å². The number of hydrogen-bond donors (Lipinski definition) is 2. The Morgan fingerprint density at radius 2 is 1.85 bits per heavy atom. The SMILES string of the molecule is CCNC(=NCc1cccc(COC(C)(C)C)c1)NCCCCOCC. The molecule has 26 heavy (non-hydrogen) atoms. The van der Waals surface area contributed by atoms with Crippen LogP contribution >= 0.6 is 0 Å². The van der Waals surface area contributed by atoms with Crippen LogP contribution in [0.5, 0.6) is 0 Å². The molecule has 0 heterocycles. The molecule has 0 amide bonds. The molecule has 0 saturated carbocycles. The van der Waals surface area contributed by atoms with Crippen molar-refractivity contribution in [1.29, 1.82) is 0 Å². The van der Waals surface area contributed by atoms with Crippen molar-refractivity contribution >= 4 is 5.96 Å². The average Bonchev–Trinajstić information content (AvgIpc) is 2.60. The molecule has 1 aromatic carbocycles. The maximum absolute atomic E-state index is 5.86. The van der Waals surface area contributed by atoms with Crippen molar-refractivity contribution in [2.75, 3.05) is 26.3 Å². The van der Waals surface area contributed by atoms with E-state index >= 15 is 0 Å². The normalized spacial score (nSPS) is 12.3. The number of guanidine groups is 1. The zero-order valence-corrected chi connectivity index (χ0v) is 17.2. The zero-order valence-electron chi connectivity index (χ0n) is 17.2. The molecule has 0 bridgehead atoms. The number of ether oxygens (including phenoxy) is 2. The monoisotopic (exact) mass is 363 g/mol. The van der Waals surface area contributed by atoms with Crippen LogP contribution in [0.3, 0.4) is 0 Å². The predicted molar refractivity (Wildman–Crippen MR) is 110 cm³/mol. The van der Waals surface area contributed by atoms with Gasteiger partial charge in [-0.3, -0.25) is 0 Å². The van der Waals surface area contributed by atoms with E-state index < -0.39 is 0 Å². The minimum atomic E-state index is -0.127. The van der Waals surface area contributed by atoms with Crippen molar-refractivity contribution < 1.29 is 9.47 Å². The van der Waals surface area contributed by atoms with Gasteiger partial charge in [-0.1, -0.05) is 24.3 Å². The highest BCUT2D eigenvalue weighted by molar-refractivity contribution is 5.79. The first-order chi connectivity index (χ1) is 12.4. The standard InChI is InChI=1S/C21H37N3O2/c1-6-22-20(23-13-8-9-14-25-7-2)24-16-18-11-10-12-19(15-18)17-26-21(3,4)5/h10-12,15H,6-9,13-14,16-17H2,1-5H3,(H2,22,23,24). The highest BCUT2D eigenvalue weighted by atomic mass is 16.5. The summed E-state index contributed by atoms with van der Waals surface area (Å²) in [6.07, 6.45) is 2.14. The molecule has 0 aliphatic rings. The summed E-state index contributed by atoms with van der Waals surface area (Å²) in [6, 6.07) is 8.44. The molecule has 0 spiro atoms. The summed E-state index contributed by atoms with van der Waals surface area (Å²) in [5.74, 6) is 0.861. The molecule has 0 unspecified atom stereocenters. The van der Waals surface area contributed by atoms with Crippen molar-refractivity contribution in [3.63, 3.8) is 0 Å². The van der Waals surface area contributed by atoms with Gasteiger partial charge in [0.05, 0.1) is 18.8 Å². The first kappa shape index (κ1) is 22.5. The Bertz CT molecular complexity index is 524. The average molecular weight is 364 g/mol. The number of nitrogens with one attached hydrogen (secondary N) is 2. The smallest absolute Gasteiger partial charge is 0.191 e. The number of nitrogens with zero attached hydrogens (tertiary/aromatic N) is 1. The molecule has 0 atom stereocenters. The lowest BCUT2D eigenvalue weighted by atomic mass is 10.1. The fourth-order valence-electron chi connectivity index (χ4n) is 2.31. The van der Waals surface area contributed by atoms with Crippen molar-refractivity contribution in [2.45, 2.75) is 66.2 Å². The molecule has 0 aliphatic carbocycles. The van der Waals surface area contributed by atoms with E-state index in [4.69, 9.17) is 14.5 Å². The summed E-state index contributed by atoms with van der Waals surface area (Å²) in [5, 5.41) is 6.68. The third kappa shape index (κ3) is 11.1. The summed E-state index contributed by atoms with van der Waals surface area (Å²) >= 11 is 0. The summed E-state index contributed by atoms with van der Waals surface area (Å²) in [5.41, 5.74) is 2.24. The lowest BCUT2D eigenvalue weighted by molar-refractivity contribution is -0.0149. The van der Waals surface area contributed by atoms with Crippen LogP contribution in [0, 0.1) is 0 Å². The minimum absolute atomic E-state index is 0.127. The number of benzene rings is 1. The van der Waals surface area contributed by atoms with Crippen LogP contribution in [0.15, 0.2) is 29.3 Å². The molecular formula is C21H37N3O2. The Hall–Kier alpha value is -1.59. The van der Waals surface area contributed by atoms with Crippen LogP contribution in [0.1, 0.15) is 58.6 Å². The van der Waals surface area contributed by atoms with Gasteiger partial charge in [-0.2, -0.15) is 0 Å². The van der Waals surface area contributed by atoms with E-state index in [2.05, 4.69) is 62.6 Å². The third-order valence-electron chi connectivity index (χ3n) is 3.64. The molecule has 0 fully saturated rings. The van der Waals surface area contributed by atoms with E-state index in [9.17, 15) is 0 Å². The van der Waals surface area contributed by atoms with Crippen molar-refractivity contribution in [3.05, 3.63) is 35.4 Å². The highest BCUT2D eigenvalue weighted by Crippen LogP contribution is 2.13. The molecule has 2 N–H and O–H groups in total. The quantitative estimate of drug-likeness (QED) is 0.356. The van der Waals surface area contributed by atoms with Gasteiger partial charge in [-0.05, 0) is 58.6 Å². The van der Waals surface area contributed by atoms with Crippen LogP contribution in [-0.4, -0.2) is 37.9 Å². The summed E-state index contributed by atoms with van der Waals surface area (Å²) in [6.45, 7) is 15.0. The molecule has 148 valence electrons. The number of rotatable bonds is 11. The van der Waals surface area contributed by atoms with Crippen molar-refractivity contribution in [2.24, 2.45) is 4.99 Å². The molecule has 5 heteroatoms. The van der Waals surface area contributed by atoms with Gasteiger partial charge in [-0.25, -0.2) is 4.99 Å². The maximum Gasteiger partial charge on any atom is 0.191 e. The van der Waals surface area contributed by atoms with Crippen LogP contribution < -0.4 is 10.6 Å². The van der Waals surface area contributed by atoms with E-state index in [-0.39, 0.29) is 5.60 Å². The van der Waals surface area contributed by atoms with Crippen molar-refractivity contribution in [1.82, 2.24) is 10.6 Å². The van der Waals surface area contributed by atoms with Crippen LogP contribution in [-0.2, 0) is 22.6 Å². The Morgan fingerprint density at radius 1 is 1.08 bits per heavy atom. The van der Waals surface area contributed by atoms with Gasteiger partial charge in [0.2, 0.25) is 0 Å². The Balaban J connectivity index is 2.49. The topological polar surface area (TPSA) is 54.9 Å².